The zero-order valence-corrected chi connectivity index (χ0v) is 15.4. The first-order valence-electron chi connectivity index (χ1n) is 8.26. The van der Waals surface area contributed by atoms with Gasteiger partial charge in [0.1, 0.15) is 0 Å². The average Bonchev–Trinajstić information content (AvgIpc) is 2.59. The summed E-state index contributed by atoms with van der Waals surface area (Å²) in [5.74, 6) is 0.0759. The van der Waals surface area contributed by atoms with E-state index in [0.29, 0.717) is 6.54 Å². The van der Waals surface area contributed by atoms with Crippen LogP contribution in [0.15, 0.2) is 59.1 Å². The van der Waals surface area contributed by atoms with E-state index in [1.807, 2.05) is 31.2 Å². The molecule has 1 heterocycles. The van der Waals surface area contributed by atoms with Gasteiger partial charge < -0.3 is 10.2 Å². The van der Waals surface area contributed by atoms with Crippen LogP contribution < -0.4 is 10.2 Å². The molecule has 1 aliphatic heterocycles. The predicted molar refractivity (Wildman–Crippen MR) is 102 cm³/mol. The van der Waals surface area contributed by atoms with Crippen LogP contribution in [0.1, 0.15) is 17.5 Å². The highest BCUT2D eigenvalue weighted by molar-refractivity contribution is 9.10. The molecule has 124 valence electrons. The summed E-state index contributed by atoms with van der Waals surface area (Å²) >= 11 is 3.44. The molecule has 2 aromatic carbocycles. The van der Waals surface area contributed by atoms with Crippen LogP contribution in [0, 0.1) is 6.92 Å². The van der Waals surface area contributed by atoms with Gasteiger partial charge in [-0.3, -0.25) is 4.79 Å². The van der Waals surface area contributed by atoms with Crippen LogP contribution in [-0.2, 0) is 4.79 Å². The Balaban J connectivity index is 1.56. The molecular weight excluding hydrogens is 364 g/mol. The van der Waals surface area contributed by atoms with Gasteiger partial charge in [0, 0.05) is 16.6 Å². The lowest BCUT2D eigenvalue weighted by Crippen LogP contribution is -3.13. The zero-order valence-electron chi connectivity index (χ0n) is 13.8. The van der Waals surface area contributed by atoms with Crippen molar-refractivity contribution in [3.05, 3.63) is 70.2 Å². The van der Waals surface area contributed by atoms with Crippen molar-refractivity contribution in [3.63, 3.8) is 0 Å². The van der Waals surface area contributed by atoms with E-state index in [4.69, 9.17) is 0 Å². The molecule has 3 nitrogen and oxygen atoms in total. The zero-order chi connectivity index (χ0) is 16.9. The van der Waals surface area contributed by atoms with Crippen LogP contribution in [-0.4, -0.2) is 25.5 Å². The van der Waals surface area contributed by atoms with Crippen molar-refractivity contribution in [1.82, 2.24) is 0 Å². The summed E-state index contributed by atoms with van der Waals surface area (Å²) in [6.45, 7) is 4.40. The molecule has 0 radical (unpaired) electrons. The van der Waals surface area contributed by atoms with Gasteiger partial charge in [-0.25, -0.2) is 0 Å². The van der Waals surface area contributed by atoms with Crippen LogP contribution in [0.2, 0.25) is 0 Å². The van der Waals surface area contributed by atoms with Crippen molar-refractivity contribution in [1.29, 1.82) is 0 Å². The smallest absolute Gasteiger partial charge is 0.279 e. The van der Waals surface area contributed by atoms with Gasteiger partial charge in [0.2, 0.25) is 0 Å². The molecule has 2 N–H and O–H groups in total. The van der Waals surface area contributed by atoms with Crippen LogP contribution in [0.25, 0.3) is 5.57 Å². The normalized spacial score (nSPS) is 17.2. The Morgan fingerprint density at radius 3 is 2.67 bits per heavy atom. The number of halogens is 1. The highest BCUT2D eigenvalue weighted by atomic mass is 79.9. The van der Waals surface area contributed by atoms with Crippen molar-refractivity contribution in [2.24, 2.45) is 0 Å². The molecule has 3 rings (SSSR count). The molecule has 1 aliphatic rings. The molecule has 2 aromatic rings. The number of amides is 1. The summed E-state index contributed by atoms with van der Waals surface area (Å²) in [7, 11) is 0. The van der Waals surface area contributed by atoms with Crippen LogP contribution in [0.4, 0.5) is 5.69 Å². The van der Waals surface area contributed by atoms with E-state index in [9.17, 15) is 4.79 Å². The van der Waals surface area contributed by atoms with Gasteiger partial charge in [-0.05, 0) is 47.9 Å². The third-order valence-electron chi connectivity index (χ3n) is 4.40. The van der Waals surface area contributed by atoms with E-state index in [1.54, 1.807) is 0 Å². The number of carbonyl (C=O) groups is 1. The maximum atomic E-state index is 12.3. The van der Waals surface area contributed by atoms with Crippen LogP contribution >= 0.6 is 15.9 Å². The molecule has 0 aromatic heterocycles. The van der Waals surface area contributed by atoms with Gasteiger partial charge in [-0.2, -0.15) is 0 Å². The molecular formula is C20H22BrN2O+. The van der Waals surface area contributed by atoms with E-state index < -0.39 is 0 Å². The maximum absolute atomic E-state index is 12.3. The van der Waals surface area contributed by atoms with E-state index >= 15 is 0 Å². The van der Waals surface area contributed by atoms with Gasteiger partial charge in [-0.15, -0.1) is 0 Å². The van der Waals surface area contributed by atoms with Crippen molar-refractivity contribution >= 4 is 33.1 Å². The van der Waals surface area contributed by atoms with Gasteiger partial charge >= 0.3 is 0 Å². The lowest BCUT2D eigenvalue weighted by Gasteiger charge is -2.23. The molecule has 1 unspecified atom stereocenters. The molecule has 0 aliphatic carbocycles. The number of benzene rings is 2. The Hall–Kier alpha value is -1.91. The Kier molecular flexibility index (Phi) is 5.48. The number of nitrogens with one attached hydrogen (secondary N) is 2. The summed E-state index contributed by atoms with van der Waals surface area (Å²) in [5, 5.41) is 3.03. The Morgan fingerprint density at radius 2 is 2.00 bits per heavy atom. The maximum Gasteiger partial charge on any atom is 0.279 e. The lowest BCUT2D eigenvalue weighted by atomic mass is 10.00. The number of anilines is 1. The molecule has 4 heteroatoms. The van der Waals surface area contributed by atoms with Gasteiger partial charge in [-0.1, -0.05) is 46.3 Å². The SMILES string of the molecule is Cc1cc(Br)ccc1NC(=O)C[NH+]1CC=C(c2ccccc2)CC1. The molecule has 0 saturated heterocycles. The fourth-order valence-corrected chi connectivity index (χ4v) is 3.52. The molecule has 24 heavy (non-hydrogen) atoms. The standard InChI is InChI=1S/C20H21BrN2O/c1-15-13-18(21)7-8-19(15)22-20(24)14-23-11-9-17(10-12-23)16-5-3-2-4-6-16/h2-9,13H,10-12,14H2,1H3,(H,22,24)/p+1. The summed E-state index contributed by atoms with van der Waals surface area (Å²) in [5.41, 5.74) is 4.65. The van der Waals surface area contributed by atoms with Crippen LogP contribution in [0.5, 0.6) is 0 Å². The average molecular weight is 386 g/mol. The largest absolute Gasteiger partial charge is 0.324 e. The fraction of sp³-hybridized carbons (Fsp3) is 0.250. The third-order valence-corrected chi connectivity index (χ3v) is 4.90. The number of hydrogen-bond donors (Lipinski definition) is 2. The number of aryl methyl sites for hydroxylation is 1. The summed E-state index contributed by atoms with van der Waals surface area (Å²) in [6.07, 6.45) is 3.29. The summed E-state index contributed by atoms with van der Waals surface area (Å²) < 4.78 is 1.03. The minimum atomic E-state index is 0.0759. The topological polar surface area (TPSA) is 33.5 Å². The summed E-state index contributed by atoms with van der Waals surface area (Å²) in [4.78, 5) is 13.6. The monoisotopic (exact) mass is 385 g/mol. The number of hydrogen-bond acceptors (Lipinski definition) is 1. The van der Waals surface area contributed by atoms with Crippen molar-refractivity contribution in [2.75, 3.05) is 25.0 Å². The minimum Gasteiger partial charge on any atom is -0.324 e. The predicted octanol–water partition coefficient (Wildman–Crippen LogP) is 3.07. The number of carbonyl (C=O) groups excluding carboxylic acids is 1. The highest BCUT2D eigenvalue weighted by Crippen LogP contribution is 2.20. The second-order valence-corrected chi connectivity index (χ2v) is 7.15. The van der Waals surface area contributed by atoms with Crippen LogP contribution in [0.3, 0.4) is 0 Å². The van der Waals surface area contributed by atoms with E-state index in [-0.39, 0.29) is 5.91 Å². The molecule has 0 bridgehead atoms. The van der Waals surface area contributed by atoms with Crippen molar-refractivity contribution in [2.45, 2.75) is 13.3 Å². The molecule has 0 spiro atoms. The Bertz CT molecular complexity index is 755. The quantitative estimate of drug-likeness (QED) is 0.832. The molecule has 0 fully saturated rings. The first kappa shape index (κ1) is 16.9. The van der Waals surface area contributed by atoms with Gasteiger partial charge in [0.25, 0.3) is 5.91 Å². The van der Waals surface area contributed by atoms with E-state index in [2.05, 4.69) is 51.6 Å². The minimum absolute atomic E-state index is 0.0759. The van der Waals surface area contributed by atoms with E-state index in [0.717, 1.165) is 35.2 Å². The van der Waals surface area contributed by atoms with E-state index in [1.165, 1.54) is 16.0 Å². The van der Waals surface area contributed by atoms with Crippen molar-refractivity contribution in [3.8, 4) is 0 Å². The first-order valence-corrected chi connectivity index (χ1v) is 9.05. The third kappa shape index (κ3) is 4.34. The number of rotatable bonds is 4. The lowest BCUT2D eigenvalue weighted by molar-refractivity contribution is -0.886. The molecule has 0 saturated carbocycles. The molecule has 1 atom stereocenters. The molecule has 1 amide bonds. The fourth-order valence-electron chi connectivity index (χ4n) is 3.05. The van der Waals surface area contributed by atoms with Crippen molar-refractivity contribution < 1.29 is 9.69 Å². The highest BCUT2D eigenvalue weighted by Gasteiger charge is 2.19. The van der Waals surface area contributed by atoms with Gasteiger partial charge in [0.05, 0.1) is 13.1 Å². The Morgan fingerprint density at radius 1 is 1.21 bits per heavy atom. The number of quaternary nitrogens is 1. The second kappa shape index (κ2) is 7.77. The first-order chi connectivity index (χ1) is 11.6. The Labute approximate surface area is 151 Å². The summed E-state index contributed by atoms with van der Waals surface area (Å²) in [6, 6.07) is 16.4. The van der Waals surface area contributed by atoms with Gasteiger partial charge in [0.15, 0.2) is 6.54 Å². The second-order valence-electron chi connectivity index (χ2n) is 6.23.